The summed E-state index contributed by atoms with van der Waals surface area (Å²) in [5.41, 5.74) is 0. The lowest BCUT2D eigenvalue weighted by Crippen LogP contribution is -2.55. The van der Waals surface area contributed by atoms with Crippen molar-refractivity contribution in [3.05, 3.63) is 122 Å². The predicted octanol–water partition coefficient (Wildman–Crippen LogP) is 12.9. The Morgan fingerprint density at radius 2 is 0.938 bits per heavy atom. The van der Waals surface area contributed by atoms with E-state index in [1.54, 1.807) is 21.1 Å². The van der Waals surface area contributed by atoms with E-state index in [-0.39, 0.29) is 49.1 Å². The van der Waals surface area contributed by atoms with E-state index in [9.17, 15) is 19.5 Å². The molecule has 0 bridgehead atoms. The van der Waals surface area contributed by atoms with Gasteiger partial charge in [-0.15, -0.1) is 0 Å². The molecule has 0 aromatic rings. The van der Waals surface area contributed by atoms with Gasteiger partial charge in [-0.1, -0.05) is 187 Å². The van der Waals surface area contributed by atoms with Crippen LogP contribution in [0.25, 0.3) is 0 Å². The highest BCUT2D eigenvalue weighted by molar-refractivity contribution is 5.70. The lowest BCUT2D eigenvalue weighted by Gasteiger charge is -2.34. The van der Waals surface area contributed by atoms with Gasteiger partial charge >= 0.3 is 11.9 Å². The summed E-state index contributed by atoms with van der Waals surface area (Å²) in [6.45, 7) is 4.40. The second-order valence-electron chi connectivity index (χ2n) is 17.1. The molecule has 0 heterocycles. The molecule has 360 valence electrons. The number of likely N-dealkylation sites (N-methyl/N-ethyl adjacent to an activating group) is 1. The van der Waals surface area contributed by atoms with Gasteiger partial charge in [0.25, 0.3) is 0 Å². The van der Waals surface area contributed by atoms with Gasteiger partial charge in [-0.25, -0.2) is 0 Å². The number of carboxylic acid groups (broad SMARTS) is 1. The van der Waals surface area contributed by atoms with Crippen LogP contribution in [-0.4, -0.2) is 75.5 Å². The van der Waals surface area contributed by atoms with Crippen LogP contribution in [0.15, 0.2) is 122 Å². The average Bonchev–Trinajstić information content (AvgIpc) is 3.26. The molecule has 0 saturated heterocycles. The minimum atomic E-state index is -1.14. The fourth-order valence-electron chi connectivity index (χ4n) is 6.42. The van der Waals surface area contributed by atoms with Crippen molar-refractivity contribution in [3.8, 4) is 0 Å². The zero-order valence-electron chi connectivity index (χ0n) is 40.9. The van der Waals surface area contributed by atoms with Crippen LogP contribution in [-0.2, 0) is 28.6 Å². The number of carbonyl (C=O) groups is 3. The molecular formula is C56H89NO7. The largest absolute Gasteiger partial charge is 0.544 e. The Kier molecular flexibility index (Phi) is 42.3. The van der Waals surface area contributed by atoms with E-state index in [0.717, 1.165) is 109 Å². The van der Waals surface area contributed by atoms with Crippen LogP contribution in [0, 0.1) is 0 Å². The first-order chi connectivity index (χ1) is 31.1. The predicted molar refractivity (Wildman–Crippen MR) is 267 cm³/mol. The molecule has 0 aliphatic carbocycles. The number of nitrogens with zero attached hydrogens (tertiary/aromatic N) is 1. The smallest absolute Gasteiger partial charge is 0.306 e. The average molecular weight is 888 g/mol. The van der Waals surface area contributed by atoms with Gasteiger partial charge < -0.3 is 28.6 Å². The zero-order valence-corrected chi connectivity index (χ0v) is 40.9. The van der Waals surface area contributed by atoms with E-state index in [1.807, 2.05) is 36.5 Å². The fraction of sp³-hybridized carbons (Fsp3) is 0.589. The van der Waals surface area contributed by atoms with E-state index < -0.39 is 18.1 Å². The van der Waals surface area contributed by atoms with Crippen molar-refractivity contribution in [2.45, 2.75) is 174 Å². The Balaban J connectivity index is 4.39. The first-order valence-electron chi connectivity index (χ1n) is 24.6. The van der Waals surface area contributed by atoms with Crippen molar-refractivity contribution < 1.29 is 38.2 Å². The molecule has 0 aliphatic rings. The topological polar surface area (TPSA) is 102 Å². The zero-order chi connectivity index (χ0) is 47.0. The third-order valence-electron chi connectivity index (χ3n) is 10.2. The minimum absolute atomic E-state index is 0.0162. The maximum absolute atomic E-state index is 12.8. The maximum Gasteiger partial charge on any atom is 0.306 e. The number of hydrogen-bond acceptors (Lipinski definition) is 7. The van der Waals surface area contributed by atoms with Gasteiger partial charge in [0, 0.05) is 19.3 Å². The number of unbranched alkanes of at least 4 members (excludes halogenated alkanes) is 12. The Bertz CT molecular complexity index is 1450. The van der Waals surface area contributed by atoms with E-state index in [0.29, 0.717) is 6.42 Å². The molecule has 2 unspecified atom stereocenters. The Hall–Kier alpha value is -4.27. The highest BCUT2D eigenvalue weighted by Gasteiger charge is 2.25. The van der Waals surface area contributed by atoms with Gasteiger partial charge in [-0.05, 0) is 77.0 Å². The van der Waals surface area contributed by atoms with E-state index in [4.69, 9.17) is 14.2 Å². The first kappa shape index (κ1) is 59.7. The van der Waals surface area contributed by atoms with Gasteiger partial charge in [0.2, 0.25) is 0 Å². The van der Waals surface area contributed by atoms with Crippen LogP contribution in [0.1, 0.15) is 162 Å². The SMILES string of the molecule is CC/C=C/C/C=C/C/C=C/C/C=C/C/C=C/CCCCCCCCC(=O)OCC(COCCC(C(=O)[O-])[N+](C)(C)C)OC(=O)CCCCCCC/C=C/C=C/C=C/C=C/C=C/CCC. The third kappa shape index (κ3) is 43.0. The van der Waals surface area contributed by atoms with Crippen molar-refractivity contribution in [2.75, 3.05) is 41.0 Å². The molecule has 0 rings (SSSR count). The van der Waals surface area contributed by atoms with Crippen LogP contribution in [0.4, 0.5) is 0 Å². The fourth-order valence-corrected chi connectivity index (χ4v) is 6.42. The third-order valence-corrected chi connectivity index (χ3v) is 10.2. The number of ether oxygens (including phenoxy) is 3. The second kappa shape index (κ2) is 45.3. The number of esters is 2. The van der Waals surface area contributed by atoms with Crippen LogP contribution >= 0.6 is 0 Å². The van der Waals surface area contributed by atoms with Crippen LogP contribution in [0.2, 0.25) is 0 Å². The number of hydrogen-bond donors (Lipinski definition) is 0. The van der Waals surface area contributed by atoms with E-state index in [2.05, 4.69) is 98.9 Å². The second-order valence-corrected chi connectivity index (χ2v) is 17.1. The number of carboxylic acids is 1. The summed E-state index contributed by atoms with van der Waals surface area (Å²) in [7, 11) is 5.38. The maximum atomic E-state index is 12.8. The Morgan fingerprint density at radius 3 is 1.44 bits per heavy atom. The molecule has 0 N–H and O–H groups in total. The highest BCUT2D eigenvalue weighted by atomic mass is 16.6. The van der Waals surface area contributed by atoms with Crippen molar-refractivity contribution in [3.63, 3.8) is 0 Å². The summed E-state index contributed by atoms with van der Waals surface area (Å²) in [5.74, 6) is -1.80. The van der Waals surface area contributed by atoms with Crippen LogP contribution < -0.4 is 5.11 Å². The number of carbonyl (C=O) groups excluding carboxylic acids is 3. The molecule has 0 spiro atoms. The van der Waals surface area contributed by atoms with Crippen LogP contribution in [0.5, 0.6) is 0 Å². The molecule has 0 aliphatic heterocycles. The summed E-state index contributed by atoms with van der Waals surface area (Å²) in [5, 5.41) is 11.7. The van der Waals surface area contributed by atoms with Gasteiger partial charge in [0.15, 0.2) is 6.10 Å². The van der Waals surface area contributed by atoms with Crippen molar-refractivity contribution in [1.82, 2.24) is 0 Å². The minimum Gasteiger partial charge on any atom is -0.544 e. The van der Waals surface area contributed by atoms with Gasteiger partial charge in [0.05, 0.1) is 40.3 Å². The molecule has 8 heteroatoms. The molecule has 0 amide bonds. The summed E-state index contributed by atoms with van der Waals surface area (Å²) >= 11 is 0. The quantitative estimate of drug-likeness (QED) is 0.0198. The van der Waals surface area contributed by atoms with E-state index >= 15 is 0 Å². The van der Waals surface area contributed by atoms with Crippen molar-refractivity contribution >= 4 is 17.9 Å². The molecule has 64 heavy (non-hydrogen) atoms. The molecule has 0 saturated carbocycles. The molecule has 0 aromatic heterocycles. The summed E-state index contributed by atoms with van der Waals surface area (Å²) < 4.78 is 17.2. The lowest BCUT2D eigenvalue weighted by molar-refractivity contribution is -0.889. The first-order valence-corrected chi connectivity index (χ1v) is 24.6. The summed E-state index contributed by atoms with van der Waals surface area (Å²) in [6, 6.07) is -0.742. The standard InChI is InChI=1S/C56H89NO7/c1-6-8-10-12-14-16-18-20-22-24-26-27-28-29-31-32-34-36-38-40-42-44-46-54(58)63-51-52(50-62-49-48-53(56(60)61)57(3,4)5)64-55(59)47-45-43-41-39-37-35-33-30-25-23-21-19-17-15-13-11-9-7-2/h8,10-11,13-17,19-23,25-27,29-31,33,52-53H,6-7,9,12,18,24,28,32,34-51H2,1-5H3/b10-8+,13-11+,16-14+,17-15+,21-19+,22-20+,25-23+,27-26+,31-29+,33-30+. The Morgan fingerprint density at radius 1 is 0.500 bits per heavy atom. The number of quaternary nitrogens is 1. The van der Waals surface area contributed by atoms with Crippen molar-refractivity contribution in [1.29, 1.82) is 0 Å². The van der Waals surface area contributed by atoms with Crippen LogP contribution in [0.3, 0.4) is 0 Å². The summed E-state index contributed by atoms with van der Waals surface area (Å²) in [4.78, 5) is 37.0. The van der Waals surface area contributed by atoms with Gasteiger partial charge in [-0.2, -0.15) is 0 Å². The molecular weight excluding hydrogens is 799 g/mol. The molecule has 0 fully saturated rings. The monoisotopic (exact) mass is 888 g/mol. The molecule has 0 radical (unpaired) electrons. The Labute approximate surface area is 391 Å². The number of aliphatic carboxylic acids is 1. The van der Waals surface area contributed by atoms with Gasteiger partial charge in [-0.3, -0.25) is 9.59 Å². The lowest BCUT2D eigenvalue weighted by atomic mass is 10.1. The molecule has 0 aromatic carbocycles. The molecule has 2 atom stereocenters. The summed E-state index contributed by atoms with van der Waals surface area (Å²) in [6.07, 6.45) is 63.6. The van der Waals surface area contributed by atoms with Gasteiger partial charge in [0.1, 0.15) is 12.6 Å². The number of rotatable bonds is 42. The molecule has 8 nitrogen and oxygen atoms in total. The highest BCUT2D eigenvalue weighted by Crippen LogP contribution is 2.13. The van der Waals surface area contributed by atoms with Crippen molar-refractivity contribution in [2.24, 2.45) is 0 Å². The van der Waals surface area contributed by atoms with E-state index in [1.165, 1.54) is 19.3 Å². The number of allylic oxidation sites excluding steroid dienone is 20. The normalized spacial score (nSPS) is 14.0.